The molecule has 3 N–H and O–H groups in total. The molecule has 0 aliphatic heterocycles. The van der Waals surface area contributed by atoms with E-state index in [1.54, 1.807) is 24.3 Å². The van der Waals surface area contributed by atoms with E-state index in [0.717, 1.165) is 3.57 Å². The molecule has 0 aliphatic rings. The van der Waals surface area contributed by atoms with E-state index in [0.29, 0.717) is 22.4 Å². The minimum atomic E-state index is -0.349. The first-order valence-electron chi connectivity index (χ1n) is 6.46. The first kappa shape index (κ1) is 14.7. The van der Waals surface area contributed by atoms with Crippen molar-refractivity contribution in [3.63, 3.8) is 0 Å². The maximum atomic E-state index is 13.1. The standard InChI is InChI=1S/C16H11FIN3O/c17-11-6-4-9(5-7-11)14-13(16(19)21-20-14)15(22)10-2-1-3-12(18)8-10/h1-8H,(H3,19,20,21). The highest BCUT2D eigenvalue weighted by Crippen LogP contribution is 2.28. The number of ketones is 1. The molecule has 0 fully saturated rings. The number of nitrogens with one attached hydrogen (secondary N) is 1. The molecule has 0 bridgehead atoms. The summed E-state index contributed by atoms with van der Waals surface area (Å²) >= 11 is 2.14. The van der Waals surface area contributed by atoms with Gasteiger partial charge in [0, 0.05) is 14.7 Å². The first-order valence-corrected chi connectivity index (χ1v) is 7.54. The molecule has 4 nitrogen and oxygen atoms in total. The first-order chi connectivity index (χ1) is 10.6. The Morgan fingerprint density at radius 2 is 1.91 bits per heavy atom. The lowest BCUT2D eigenvalue weighted by Crippen LogP contribution is -2.05. The SMILES string of the molecule is Nc1[nH]nc(-c2ccc(F)cc2)c1C(=O)c1cccc(I)c1. The minimum absolute atomic E-state index is 0.197. The number of anilines is 1. The van der Waals surface area contributed by atoms with Crippen LogP contribution in [0.1, 0.15) is 15.9 Å². The molecule has 0 saturated heterocycles. The second-order valence-corrected chi connectivity index (χ2v) is 5.95. The molecule has 0 radical (unpaired) electrons. The van der Waals surface area contributed by atoms with Gasteiger partial charge in [0.15, 0.2) is 5.78 Å². The average molecular weight is 407 g/mol. The molecular formula is C16H11FIN3O. The van der Waals surface area contributed by atoms with Crippen molar-refractivity contribution < 1.29 is 9.18 Å². The summed E-state index contributed by atoms with van der Waals surface area (Å²) < 4.78 is 14.0. The van der Waals surface area contributed by atoms with Crippen LogP contribution < -0.4 is 5.73 Å². The summed E-state index contributed by atoms with van der Waals surface area (Å²) in [7, 11) is 0. The van der Waals surface area contributed by atoms with Crippen LogP contribution in [0.25, 0.3) is 11.3 Å². The third-order valence-electron chi connectivity index (χ3n) is 3.23. The molecular weight excluding hydrogens is 396 g/mol. The van der Waals surface area contributed by atoms with Crippen molar-refractivity contribution in [2.75, 3.05) is 5.73 Å². The molecule has 6 heteroatoms. The van der Waals surface area contributed by atoms with Gasteiger partial charge >= 0.3 is 0 Å². The second-order valence-electron chi connectivity index (χ2n) is 4.71. The van der Waals surface area contributed by atoms with Crippen LogP contribution in [0.15, 0.2) is 48.5 Å². The number of H-pyrrole nitrogens is 1. The fraction of sp³-hybridized carbons (Fsp3) is 0. The Balaban J connectivity index is 2.09. The number of nitrogens with zero attached hydrogens (tertiary/aromatic N) is 1. The maximum Gasteiger partial charge on any atom is 0.199 e. The van der Waals surface area contributed by atoms with Gasteiger partial charge in [-0.15, -0.1) is 0 Å². The smallest absolute Gasteiger partial charge is 0.199 e. The Morgan fingerprint density at radius 3 is 2.59 bits per heavy atom. The van der Waals surface area contributed by atoms with Crippen LogP contribution >= 0.6 is 22.6 Å². The van der Waals surface area contributed by atoms with Gasteiger partial charge in [-0.2, -0.15) is 5.10 Å². The summed E-state index contributed by atoms with van der Waals surface area (Å²) in [4.78, 5) is 12.7. The molecule has 0 atom stereocenters. The summed E-state index contributed by atoms with van der Waals surface area (Å²) in [6, 6.07) is 13.0. The fourth-order valence-electron chi connectivity index (χ4n) is 2.18. The summed E-state index contributed by atoms with van der Waals surface area (Å²) in [5, 5.41) is 6.72. The van der Waals surface area contributed by atoms with Gasteiger partial charge in [0.1, 0.15) is 17.3 Å². The highest BCUT2D eigenvalue weighted by atomic mass is 127. The lowest BCUT2D eigenvalue weighted by atomic mass is 9.99. The number of hydrogen-bond acceptors (Lipinski definition) is 3. The average Bonchev–Trinajstić information content (AvgIpc) is 2.89. The van der Waals surface area contributed by atoms with E-state index in [-0.39, 0.29) is 17.4 Å². The zero-order chi connectivity index (χ0) is 15.7. The van der Waals surface area contributed by atoms with E-state index in [1.807, 2.05) is 12.1 Å². The number of rotatable bonds is 3. The zero-order valence-electron chi connectivity index (χ0n) is 11.3. The van der Waals surface area contributed by atoms with E-state index >= 15 is 0 Å². The van der Waals surface area contributed by atoms with E-state index in [4.69, 9.17) is 5.73 Å². The molecule has 110 valence electrons. The van der Waals surface area contributed by atoms with Gasteiger partial charge in [-0.1, -0.05) is 12.1 Å². The quantitative estimate of drug-likeness (QED) is 0.515. The van der Waals surface area contributed by atoms with Gasteiger partial charge in [-0.25, -0.2) is 4.39 Å². The number of aromatic amines is 1. The van der Waals surface area contributed by atoms with Crippen LogP contribution in [0.2, 0.25) is 0 Å². The number of halogens is 2. The number of benzene rings is 2. The van der Waals surface area contributed by atoms with Gasteiger partial charge in [-0.05, 0) is 59.0 Å². The molecule has 0 unspecified atom stereocenters. The molecule has 0 aliphatic carbocycles. The van der Waals surface area contributed by atoms with E-state index in [2.05, 4.69) is 32.8 Å². The van der Waals surface area contributed by atoms with Crippen LogP contribution in [-0.4, -0.2) is 16.0 Å². The molecule has 0 saturated carbocycles. The summed E-state index contributed by atoms with van der Waals surface area (Å²) in [6.07, 6.45) is 0. The third-order valence-corrected chi connectivity index (χ3v) is 3.90. The second kappa shape index (κ2) is 5.88. The van der Waals surface area contributed by atoms with Gasteiger partial charge in [-0.3, -0.25) is 9.89 Å². The fourth-order valence-corrected chi connectivity index (χ4v) is 2.72. The lowest BCUT2D eigenvalue weighted by molar-refractivity contribution is 0.104. The minimum Gasteiger partial charge on any atom is -0.383 e. The molecule has 3 rings (SSSR count). The number of hydrogen-bond donors (Lipinski definition) is 2. The van der Waals surface area contributed by atoms with Crippen molar-refractivity contribution in [2.45, 2.75) is 0 Å². The lowest BCUT2D eigenvalue weighted by Gasteiger charge is -2.04. The molecule has 0 spiro atoms. The monoisotopic (exact) mass is 407 g/mol. The van der Waals surface area contributed by atoms with Crippen molar-refractivity contribution in [3.8, 4) is 11.3 Å². The van der Waals surface area contributed by atoms with Crippen molar-refractivity contribution in [1.82, 2.24) is 10.2 Å². The van der Waals surface area contributed by atoms with Gasteiger partial charge in [0.2, 0.25) is 0 Å². The van der Waals surface area contributed by atoms with Crippen LogP contribution in [0.4, 0.5) is 10.2 Å². The molecule has 22 heavy (non-hydrogen) atoms. The largest absolute Gasteiger partial charge is 0.383 e. The Hall–Kier alpha value is -2.22. The van der Waals surface area contributed by atoms with Gasteiger partial charge in [0.25, 0.3) is 0 Å². The number of nitrogens with two attached hydrogens (primary N) is 1. The highest BCUT2D eigenvalue weighted by Gasteiger charge is 2.21. The predicted molar refractivity (Wildman–Crippen MR) is 91.0 cm³/mol. The topological polar surface area (TPSA) is 71.8 Å². The molecule has 2 aromatic carbocycles. The normalized spacial score (nSPS) is 10.6. The summed E-state index contributed by atoms with van der Waals surface area (Å²) in [6.45, 7) is 0. The van der Waals surface area contributed by atoms with Crippen molar-refractivity contribution >= 4 is 34.2 Å². The molecule has 1 aromatic heterocycles. The van der Waals surface area contributed by atoms with Crippen LogP contribution in [0.5, 0.6) is 0 Å². The Labute approximate surface area is 139 Å². The highest BCUT2D eigenvalue weighted by molar-refractivity contribution is 14.1. The van der Waals surface area contributed by atoms with E-state index in [1.165, 1.54) is 12.1 Å². The number of aromatic nitrogens is 2. The van der Waals surface area contributed by atoms with Gasteiger partial charge in [0.05, 0.1) is 5.56 Å². The van der Waals surface area contributed by atoms with Crippen molar-refractivity contribution in [1.29, 1.82) is 0 Å². The Bertz CT molecular complexity index is 843. The Morgan fingerprint density at radius 1 is 1.18 bits per heavy atom. The summed E-state index contributed by atoms with van der Waals surface area (Å²) in [5.41, 5.74) is 7.75. The van der Waals surface area contributed by atoms with Gasteiger partial charge < -0.3 is 5.73 Å². The number of carbonyl (C=O) groups excluding carboxylic acids is 1. The number of nitrogen functional groups attached to an aromatic ring is 1. The summed E-state index contributed by atoms with van der Waals surface area (Å²) in [5.74, 6) is -0.370. The maximum absolute atomic E-state index is 13.1. The van der Waals surface area contributed by atoms with Crippen molar-refractivity contribution in [2.24, 2.45) is 0 Å². The third kappa shape index (κ3) is 2.74. The van der Waals surface area contributed by atoms with Crippen LogP contribution in [0.3, 0.4) is 0 Å². The zero-order valence-corrected chi connectivity index (χ0v) is 13.5. The molecule has 3 aromatic rings. The van der Waals surface area contributed by atoms with E-state index < -0.39 is 0 Å². The van der Waals surface area contributed by atoms with Crippen LogP contribution in [0, 0.1) is 9.39 Å². The predicted octanol–water partition coefficient (Wildman–Crippen LogP) is 3.63. The Kier molecular flexibility index (Phi) is 3.93. The molecule has 0 amide bonds. The number of carbonyl (C=O) groups is 1. The van der Waals surface area contributed by atoms with Crippen LogP contribution in [-0.2, 0) is 0 Å². The van der Waals surface area contributed by atoms with E-state index in [9.17, 15) is 9.18 Å². The molecule has 1 heterocycles. The van der Waals surface area contributed by atoms with Crippen molar-refractivity contribution in [3.05, 3.63) is 69.0 Å².